The van der Waals surface area contributed by atoms with E-state index in [9.17, 15) is 13.2 Å². The van der Waals surface area contributed by atoms with Crippen LogP contribution in [0.3, 0.4) is 0 Å². The van der Waals surface area contributed by atoms with Gasteiger partial charge in [0.2, 0.25) is 15.9 Å². The predicted octanol–water partition coefficient (Wildman–Crippen LogP) is 1.10. The van der Waals surface area contributed by atoms with Crippen molar-refractivity contribution in [2.24, 2.45) is 0 Å². The molecule has 0 saturated carbocycles. The molecule has 0 aliphatic carbocycles. The van der Waals surface area contributed by atoms with Gasteiger partial charge in [-0.2, -0.15) is 13.5 Å². The number of anilines is 1. The molecule has 1 aliphatic heterocycles. The van der Waals surface area contributed by atoms with E-state index in [1.807, 2.05) is 18.2 Å². The second-order valence-corrected chi connectivity index (χ2v) is 8.94. The van der Waals surface area contributed by atoms with Crippen LogP contribution < -0.4 is 9.62 Å². The molecule has 0 radical (unpaired) electrons. The third kappa shape index (κ3) is 4.07. The van der Waals surface area contributed by atoms with Crippen molar-refractivity contribution in [2.45, 2.75) is 17.9 Å². The van der Waals surface area contributed by atoms with E-state index in [0.29, 0.717) is 37.2 Å². The van der Waals surface area contributed by atoms with E-state index >= 15 is 0 Å². The van der Waals surface area contributed by atoms with Crippen molar-refractivity contribution >= 4 is 44.5 Å². The monoisotopic (exact) mass is 432 g/mol. The summed E-state index contributed by atoms with van der Waals surface area (Å²) in [5, 5.41) is 0. The smallest absolute Gasteiger partial charge is 0.243 e. The molecular formula is C18H20N6O3S2. The number of piperazine rings is 1. The Balaban J connectivity index is 1.41. The number of pyridine rings is 1. The summed E-state index contributed by atoms with van der Waals surface area (Å²) in [4.78, 5) is 20.9. The lowest BCUT2D eigenvalue weighted by Crippen LogP contribution is -2.54. The van der Waals surface area contributed by atoms with Crippen LogP contribution >= 0.6 is 11.7 Å². The molecule has 1 N–H and O–H groups in total. The van der Waals surface area contributed by atoms with Crippen LogP contribution in [0.1, 0.15) is 6.92 Å². The summed E-state index contributed by atoms with van der Waals surface area (Å²) in [5.74, 6) is 0.621. The largest absolute Gasteiger partial charge is 0.353 e. The van der Waals surface area contributed by atoms with Gasteiger partial charge in [0.1, 0.15) is 21.7 Å². The Kier molecular flexibility index (Phi) is 5.43. The van der Waals surface area contributed by atoms with Gasteiger partial charge in [0.05, 0.1) is 17.8 Å². The normalized spacial score (nSPS) is 16.2. The fourth-order valence-corrected chi connectivity index (χ4v) is 5.28. The highest BCUT2D eigenvalue weighted by molar-refractivity contribution is 7.89. The van der Waals surface area contributed by atoms with Crippen molar-refractivity contribution in [3.05, 3.63) is 42.6 Å². The van der Waals surface area contributed by atoms with Gasteiger partial charge >= 0.3 is 0 Å². The van der Waals surface area contributed by atoms with Crippen LogP contribution in [0.15, 0.2) is 47.5 Å². The molecule has 152 valence electrons. The van der Waals surface area contributed by atoms with Crippen molar-refractivity contribution < 1.29 is 13.2 Å². The van der Waals surface area contributed by atoms with E-state index < -0.39 is 16.1 Å². The number of nitrogens with zero attached hydrogens (tertiary/aromatic N) is 5. The predicted molar refractivity (Wildman–Crippen MR) is 110 cm³/mol. The number of fused-ring (bicyclic) bond motifs is 1. The Hall–Kier alpha value is -2.63. The van der Waals surface area contributed by atoms with Crippen LogP contribution in [-0.4, -0.2) is 65.2 Å². The van der Waals surface area contributed by atoms with E-state index in [1.165, 1.54) is 6.07 Å². The molecule has 1 amide bonds. The Morgan fingerprint density at radius 3 is 2.62 bits per heavy atom. The van der Waals surface area contributed by atoms with Gasteiger partial charge in [-0.1, -0.05) is 12.1 Å². The summed E-state index contributed by atoms with van der Waals surface area (Å²) in [6.07, 6.45) is 1.74. The number of amides is 1. The van der Waals surface area contributed by atoms with Gasteiger partial charge in [0.25, 0.3) is 0 Å². The third-order valence-corrected chi connectivity index (χ3v) is 6.92. The molecule has 2 aromatic heterocycles. The molecule has 1 saturated heterocycles. The molecule has 0 spiro atoms. The van der Waals surface area contributed by atoms with Crippen LogP contribution in [0.5, 0.6) is 0 Å². The first-order valence-corrected chi connectivity index (χ1v) is 11.4. The lowest BCUT2D eigenvalue weighted by Gasteiger charge is -2.36. The van der Waals surface area contributed by atoms with Gasteiger partial charge in [0, 0.05) is 32.4 Å². The maximum Gasteiger partial charge on any atom is 0.243 e. The summed E-state index contributed by atoms with van der Waals surface area (Å²) < 4.78 is 36.3. The number of nitrogens with one attached hydrogen (secondary N) is 1. The Morgan fingerprint density at radius 2 is 1.90 bits per heavy atom. The minimum absolute atomic E-state index is 0.0309. The number of rotatable bonds is 5. The molecule has 3 aromatic rings. The maximum atomic E-state index is 12.8. The fourth-order valence-electron chi connectivity index (χ4n) is 3.32. The molecule has 1 aromatic carbocycles. The number of hydrogen-bond acceptors (Lipinski definition) is 8. The Morgan fingerprint density at radius 1 is 1.10 bits per heavy atom. The zero-order chi connectivity index (χ0) is 20.4. The maximum absolute atomic E-state index is 12.8. The molecule has 0 bridgehead atoms. The van der Waals surface area contributed by atoms with Gasteiger partial charge in [-0.05, 0) is 31.2 Å². The van der Waals surface area contributed by atoms with Gasteiger partial charge < -0.3 is 9.80 Å². The third-order valence-electron chi connectivity index (χ3n) is 4.81. The zero-order valence-corrected chi connectivity index (χ0v) is 17.4. The number of carbonyl (C=O) groups excluding carboxylic acids is 1. The van der Waals surface area contributed by atoms with E-state index in [2.05, 4.69) is 23.4 Å². The van der Waals surface area contributed by atoms with Crippen LogP contribution in [0.4, 0.5) is 5.82 Å². The van der Waals surface area contributed by atoms with Crippen LogP contribution in [-0.2, 0) is 14.8 Å². The van der Waals surface area contributed by atoms with Crippen molar-refractivity contribution in [2.75, 3.05) is 31.1 Å². The minimum Gasteiger partial charge on any atom is -0.353 e. The SMILES string of the molecule is C[C@H](NS(=O)(=O)c1cccc2nsnc12)C(=O)N1CCN(c2ccccn2)CC1. The van der Waals surface area contributed by atoms with E-state index in [-0.39, 0.29) is 10.8 Å². The summed E-state index contributed by atoms with van der Waals surface area (Å²) in [6.45, 7) is 3.86. The average molecular weight is 433 g/mol. The first kappa shape index (κ1) is 19.7. The molecule has 9 nitrogen and oxygen atoms in total. The standard InChI is InChI=1S/C18H20N6O3S2/c1-13(22-29(26,27)15-6-4-5-14-17(15)21-28-20-14)18(25)24-11-9-23(10-12-24)16-7-2-3-8-19-16/h2-8,13,22H,9-12H2,1H3/t13-/m0/s1. The first-order valence-electron chi connectivity index (χ1n) is 9.14. The van der Waals surface area contributed by atoms with Gasteiger partial charge in [0.15, 0.2) is 0 Å². The molecule has 3 heterocycles. The summed E-state index contributed by atoms with van der Waals surface area (Å²) in [6, 6.07) is 9.61. The number of sulfonamides is 1. The number of aromatic nitrogens is 3. The zero-order valence-electron chi connectivity index (χ0n) is 15.7. The van der Waals surface area contributed by atoms with Crippen LogP contribution in [0.25, 0.3) is 11.0 Å². The van der Waals surface area contributed by atoms with Gasteiger partial charge in [-0.3, -0.25) is 4.79 Å². The average Bonchev–Trinajstić information content (AvgIpc) is 3.22. The Labute approximate surface area is 172 Å². The fraction of sp³-hybridized carbons (Fsp3) is 0.333. The summed E-state index contributed by atoms with van der Waals surface area (Å²) in [7, 11) is -3.91. The molecule has 29 heavy (non-hydrogen) atoms. The summed E-state index contributed by atoms with van der Waals surface area (Å²) in [5.41, 5.74) is 0.830. The van der Waals surface area contributed by atoms with E-state index in [1.54, 1.807) is 30.2 Å². The number of hydrogen-bond donors (Lipinski definition) is 1. The van der Waals surface area contributed by atoms with Crippen molar-refractivity contribution in [1.82, 2.24) is 23.4 Å². The molecular weight excluding hydrogens is 412 g/mol. The van der Waals surface area contributed by atoms with E-state index in [4.69, 9.17) is 0 Å². The second kappa shape index (κ2) is 8.01. The Bertz CT molecular complexity index is 1110. The van der Waals surface area contributed by atoms with Crippen molar-refractivity contribution in [1.29, 1.82) is 0 Å². The number of carbonyl (C=O) groups is 1. The highest BCUT2D eigenvalue weighted by Gasteiger charge is 2.29. The molecule has 1 atom stereocenters. The lowest BCUT2D eigenvalue weighted by atomic mass is 10.2. The number of benzene rings is 1. The molecule has 0 unspecified atom stereocenters. The highest BCUT2D eigenvalue weighted by Crippen LogP contribution is 2.21. The molecule has 4 rings (SSSR count). The minimum atomic E-state index is -3.91. The topological polar surface area (TPSA) is 108 Å². The first-order chi connectivity index (χ1) is 14.0. The second-order valence-electron chi connectivity index (χ2n) is 6.73. The van der Waals surface area contributed by atoms with Crippen molar-refractivity contribution in [3.8, 4) is 0 Å². The molecule has 1 fully saturated rings. The van der Waals surface area contributed by atoms with Gasteiger partial charge in [-0.25, -0.2) is 13.4 Å². The highest BCUT2D eigenvalue weighted by atomic mass is 32.2. The van der Waals surface area contributed by atoms with Crippen LogP contribution in [0.2, 0.25) is 0 Å². The molecule has 11 heteroatoms. The quantitative estimate of drug-likeness (QED) is 0.643. The lowest BCUT2D eigenvalue weighted by molar-refractivity contribution is -0.132. The molecule has 1 aliphatic rings. The van der Waals surface area contributed by atoms with Crippen molar-refractivity contribution in [3.63, 3.8) is 0 Å². The van der Waals surface area contributed by atoms with Crippen LogP contribution in [0, 0.1) is 0 Å². The van der Waals surface area contributed by atoms with E-state index in [0.717, 1.165) is 17.5 Å². The summed E-state index contributed by atoms with van der Waals surface area (Å²) >= 11 is 0.952. The van der Waals surface area contributed by atoms with Gasteiger partial charge in [-0.15, -0.1) is 0 Å².